The molecule has 2 nitrogen and oxygen atoms in total. The topological polar surface area (TPSA) is 26.3 Å². The number of hydrogen-bond donors (Lipinski definition) is 0. The van der Waals surface area contributed by atoms with E-state index in [-0.39, 0.29) is 5.97 Å². The fraction of sp³-hybridized carbons (Fsp3) is 0.154. The van der Waals surface area contributed by atoms with Gasteiger partial charge in [0.15, 0.2) is 0 Å². The number of ether oxygens (including phenoxy) is 1. The van der Waals surface area contributed by atoms with E-state index in [4.69, 9.17) is 39.5 Å². The number of rotatable bonds is 3. The Morgan fingerprint density at radius 2 is 1.84 bits per heavy atom. The van der Waals surface area contributed by atoms with Crippen molar-refractivity contribution >= 4 is 52.1 Å². The maximum atomic E-state index is 11.6. The number of carbonyl (C=O) groups is 1. The summed E-state index contributed by atoms with van der Waals surface area (Å²) in [7, 11) is 0. The fourth-order valence-corrected chi connectivity index (χ4v) is 3.14. The van der Waals surface area contributed by atoms with E-state index in [0.29, 0.717) is 26.6 Å². The van der Waals surface area contributed by atoms with Crippen LogP contribution in [0.25, 0.3) is 10.4 Å². The van der Waals surface area contributed by atoms with Crippen LogP contribution < -0.4 is 0 Å². The second-order valence-electron chi connectivity index (χ2n) is 3.63. The molecule has 0 N–H and O–H groups in total. The highest BCUT2D eigenvalue weighted by molar-refractivity contribution is 7.17. The molecule has 0 amide bonds. The van der Waals surface area contributed by atoms with Gasteiger partial charge in [-0.25, -0.2) is 4.79 Å². The average Bonchev–Trinajstić information content (AvgIpc) is 2.83. The van der Waals surface area contributed by atoms with Gasteiger partial charge in [-0.15, -0.1) is 11.3 Å². The summed E-state index contributed by atoms with van der Waals surface area (Å²) in [5.74, 6) is -0.338. The van der Waals surface area contributed by atoms with Gasteiger partial charge in [-0.1, -0.05) is 34.8 Å². The van der Waals surface area contributed by atoms with Gasteiger partial charge >= 0.3 is 5.97 Å². The molecule has 0 aliphatic carbocycles. The first-order valence-electron chi connectivity index (χ1n) is 5.44. The lowest BCUT2D eigenvalue weighted by molar-refractivity contribution is 0.0532. The van der Waals surface area contributed by atoms with Gasteiger partial charge in [0.25, 0.3) is 0 Å². The van der Waals surface area contributed by atoms with Gasteiger partial charge in [0.05, 0.1) is 21.7 Å². The van der Waals surface area contributed by atoms with Crippen LogP contribution in [0.1, 0.15) is 16.6 Å². The highest BCUT2D eigenvalue weighted by Crippen LogP contribution is 2.38. The lowest BCUT2D eigenvalue weighted by Crippen LogP contribution is -2.01. The monoisotopic (exact) mass is 334 g/mol. The molecule has 2 aromatic rings. The van der Waals surface area contributed by atoms with E-state index in [1.54, 1.807) is 25.1 Å². The SMILES string of the molecule is CCOC(=O)c1ccc(-c2cc(Cl)c(Cl)cc2Cl)s1. The van der Waals surface area contributed by atoms with Crippen molar-refractivity contribution in [2.75, 3.05) is 6.61 Å². The molecule has 0 bridgehead atoms. The van der Waals surface area contributed by atoms with Crippen LogP contribution in [-0.2, 0) is 4.74 Å². The molecule has 0 radical (unpaired) electrons. The Labute approximate surface area is 129 Å². The molecule has 1 aromatic heterocycles. The van der Waals surface area contributed by atoms with Gasteiger partial charge in [0, 0.05) is 10.4 Å². The van der Waals surface area contributed by atoms with Crippen molar-refractivity contribution < 1.29 is 9.53 Å². The van der Waals surface area contributed by atoms with Crippen molar-refractivity contribution in [3.63, 3.8) is 0 Å². The third kappa shape index (κ3) is 3.23. The molecule has 0 spiro atoms. The molecule has 19 heavy (non-hydrogen) atoms. The summed E-state index contributed by atoms with van der Waals surface area (Å²) in [5, 5.41) is 1.32. The zero-order valence-corrected chi connectivity index (χ0v) is 13.0. The van der Waals surface area contributed by atoms with Crippen LogP contribution in [0.5, 0.6) is 0 Å². The van der Waals surface area contributed by atoms with Crippen molar-refractivity contribution in [2.24, 2.45) is 0 Å². The van der Waals surface area contributed by atoms with Crippen LogP contribution >= 0.6 is 46.1 Å². The van der Waals surface area contributed by atoms with E-state index in [1.165, 1.54) is 11.3 Å². The Kier molecular flexibility index (Phi) is 4.74. The van der Waals surface area contributed by atoms with Crippen LogP contribution in [0.2, 0.25) is 15.1 Å². The minimum atomic E-state index is -0.338. The van der Waals surface area contributed by atoms with Crippen LogP contribution in [0.3, 0.4) is 0 Å². The van der Waals surface area contributed by atoms with Crippen molar-refractivity contribution in [2.45, 2.75) is 6.92 Å². The summed E-state index contributed by atoms with van der Waals surface area (Å²) in [5.41, 5.74) is 0.747. The van der Waals surface area contributed by atoms with E-state index in [0.717, 1.165) is 10.4 Å². The quantitative estimate of drug-likeness (QED) is 0.543. The zero-order chi connectivity index (χ0) is 14.0. The summed E-state index contributed by atoms with van der Waals surface area (Å²) in [6.07, 6.45) is 0. The number of hydrogen-bond acceptors (Lipinski definition) is 3. The number of halogens is 3. The summed E-state index contributed by atoms with van der Waals surface area (Å²) in [6, 6.07) is 6.79. The molecule has 6 heteroatoms. The maximum absolute atomic E-state index is 11.6. The smallest absolute Gasteiger partial charge is 0.348 e. The van der Waals surface area contributed by atoms with Gasteiger partial charge in [-0.3, -0.25) is 0 Å². The van der Waals surface area contributed by atoms with Gasteiger partial charge < -0.3 is 4.74 Å². The number of carbonyl (C=O) groups excluding carboxylic acids is 1. The Morgan fingerprint density at radius 1 is 1.16 bits per heavy atom. The highest BCUT2D eigenvalue weighted by Gasteiger charge is 2.14. The molecular weight excluding hydrogens is 327 g/mol. The van der Waals surface area contributed by atoms with Gasteiger partial charge in [-0.05, 0) is 31.2 Å². The molecule has 0 saturated carbocycles. The van der Waals surface area contributed by atoms with E-state index in [1.807, 2.05) is 6.07 Å². The predicted molar refractivity (Wildman–Crippen MR) is 80.7 cm³/mol. The Hall–Kier alpha value is -0.740. The second kappa shape index (κ2) is 6.14. The van der Waals surface area contributed by atoms with E-state index in [9.17, 15) is 4.79 Å². The first kappa shape index (κ1) is 14.7. The predicted octanol–water partition coefficient (Wildman–Crippen LogP) is 5.55. The van der Waals surface area contributed by atoms with Crippen molar-refractivity contribution in [3.8, 4) is 10.4 Å². The molecule has 0 unspecified atom stereocenters. The van der Waals surface area contributed by atoms with Crippen LogP contribution in [-0.4, -0.2) is 12.6 Å². The molecule has 0 aliphatic rings. The van der Waals surface area contributed by atoms with Crippen molar-refractivity contribution in [1.29, 1.82) is 0 Å². The third-order valence-corrected chi connectivity index (χ3v) is 4.49. The molecule has 0 aliphatic heterocycles. The lowest BCUT2D eigenvalue weighted by Gasteiger charge is -2.04. The largest absolute Gasteiger partial charge is 0.462 e. The normalized spacial score (nSPS) is 10.5. The molecule has 0 atom stereocenters. The minimum Gasteiger partial charge on any atom is -0.462 e. The first-order valence-corrected chi connectivity index (χ1v) is 7.39. The Bertz CT molecular complexity index is 622. The van der Waals surface area contributed by atoms with Gasteiger partial charge in [-0.2, -0.15) is 0 Å². The van der Waals surface area contributed by atoms with Crippen molar-refractivity contribution in [1.82, 2.24) is 0 Å². The van der Waals surface area contributed by atoms with Crippen LogP contribution in [0.4, 0.5) is 0 Å². The van der Waals surface area contributed by atoms with Crippen molar-refractivity contribution in [3.05, 3.63) is 44.2 Å². The number of thiophene rings is 1. The van der Waals surface area contributed by atoms with Crippen LogP contribution in [0, 0.1) is 0 Å². The number of benzene rings is 1. The fourth-order valence-electron chi connectivity index (χ4n) is 1.51. The molecule has 2 rings (SSSR count). The number of esters is 1. The summed E-state index contributed by atoms with van der Waals surface area (Å²) < 4.78 is 4.94. The lowest BCUT2D eigenvalue weighted by atomic mass is 10.2. The molecular formula is C13H9Cl3O2S. The summed E-state index contributed by atoms with van der Waals surface area (Å²) >= 11 is 19.3. The Balaban J connectivity index is 2.38. The molecule has 1 aromatic carbocycles. The van der Waals surface area contributed by atoms with Crippen LogP contribution in [0.15, 0.2) is 24.3 Å². The van der Waals surface area contributed by atoms with E-state index >= 15 is 0 Å². The molecule has 0 saturated heterocycles. The van der Waals surface area contributed by atoms with E-state index in [2.05, 4.69) is 0 Å². The first-order chi connectivity index (χ1) is 9.02. The molecule has 0 fully saturated rings. The minimum absolute atomic E-state index is 0.338. The average molecular weight is 336 g/mol. The maximum Gasteiger partial charge on any atom is 0.348 e. The molecule has 1 heterocycles. The van der Waals surface area contributed by atoms with Gasteiger partial charge in [0.1, 0.15) is 4.88 Å². The highest BCUT2D eigenvalue weighted by atomic mass is 35.5. The zero-order valence-electron chi connectivity index (χ0n) is 9.88. The summed E-state index contributed by atoms with van der Waals surface area (Å²) in [6.45, 7) is 2.11. The molecule has 100 valence electrons. The third-order valence-electron chi connectivity index (χ3n) is 2.36. The summed E-state index contributed by atoms with van der Waals surface area (Å²) in [4.78, 5) is 13.0. The standard InChI is InChI=1S/C13H9Cl3O2S/c1-2-18-13(17)12-4-3-11(19-12)7-5-9(15)10(16)6-8(7)14/h3-6H,2H2,1H3. The van der Waals surface area contributed by atoms with Gasteiger partial charge in [0.2, 0.25) is 0 Å². The van der Waals surface area contributed by atoms with E-state index < -0.39 is 0 Å². The Morgan fingerprint density at radius 3 is 2.53 bits per heavy atom. The second-order valence-corrected chi connectivity index (χ2v) is 5.94.